The van der Waals surface area contributed by atoms with Crippen molar-refractivity contribution >= 4 is 5.91 Å². The molecule has 1 heterocycles. The molecule has 116 valence electrons. The lowest BCUT2D eigenvalue weighted by molar-refractivity contribution is -0.135. The zero-order valence-corrected chi connectivity index (χ0v) is 12.8. The van der Waals surface area contributed by atoms with Crippen LogP contribution in [0.5, 0.6) is 0 Å². The molecule has 0 aromatic carbocycles. The van der Waals surface area contributed by atoms with Crippen LogP contribution in [0.2, 0.25) is 0 Å². The van der Waals surface area contributed by atoms with Crippen molar-refractivity contribution in [2.24, 2.45) is 5.92 Å². The summed E-state index contributed by atoms with van der Waals surface area (Å²) in [4.78, 5) is 14.5. The van der Waals surface area contributed by atoms with Crippen molar-refractivity contribution in [3.8, 4) is 0 Å². The molecule has 20 heavy (non-hydrogen) atoms. The van der Waals surface area contributed by atoms with E-state index in [9.17, 15) is 4.79 Å². The van der Waals surface area contributed by atoms with Crippen LogP contribution in [-0.2, 0) is 4.79 Å². The summed E-state index contributed by atoms with van der Waals surface area (Å²) in [7, 11) is 0. The van der Waals surface area contributed by atoms with Gasteiger partial charge in [0, 0.05) is 19.1 Å². The lowest BCUT2D eigenvalue weighted by Gasteiger charge is -2.41. The highest BCUT2D eigenvalue weighted by atomic mass is 16.3. The van der Waals surface area contributed by atoms with Crippen molar-refractivity contribution in [2.45, 2.75) is 70.4 Å². The number of carbonyl (C=O) groups excluding carboxylic acids is 1. The van der Waals surface area contributed by atoms with Crippen LogP contribution in [0.15, 0.2) is 0 Å². The van der Waals surface area contributed by atoms with Crippen LogP contribution in [0.1, 0.15) is 58.3 Å². The number of nitrogens with one attached hydrogen (secondary N) is 1. The number of piperidine rings is 1. The standard InChI is InChI=1S/C16H30N2O2/c1-2-3-10-18(11-12-19)16(20)15-9-8-13-6-4-5-7-14(13)17-15/h13-15,17,19H,2-12H2,1H3. The Morgan fingerprint density at radius 3 is 2.75 bits per heavy atom. The van der Waals surface area contributed by atoms with Gasteiger partial charge >= 0.3 is 0 Å². The van der Waals surface area contributed by atoms with Crippen molar-refractivity contribution < 1.29 is 9.90 Å². The fourth-order valence-electron chi connectivity index (χ4n) is 3.71. The van der Waals surface area contributed by atoms with Gasteiger partial charge in [-0.05, 0) is 38.0 Å². The first kappa shape index (κ1) is 15.8. The highest BCUT2D eigenvalue weighted by molar-refractivity contribution is 5.82. The molecule has 3 unspecified atom stereocenters. The van der Waals surface area contributed by atoms with E-state index >= 15 is 0 Å². The molecule has 0 bridgehead atoms. The van der Waals surface area contributed by atoms with Gasteiger partial charge in [0.15, 0.2) is 0 Å². The predicted octanol–water partition coefficient (Wildman–Crippen LogP) is 1.92. The lowest BCUT2D eigenvalue weighted by atomic mass is 9.77. The van der Waals surface area contributed by atoms with Gasteiger partial charge in [0.05, 0.1) is 12.6 Å². The summed E-state index contributed by atoms with van der Waals surface area (Å²) < 4.78 is 0. The van der Waals surface area contributed by atoms with Crippen LogP contribution >= 0.6 is 0 Å². The van der Waals surface area contributed by atoms with Crippen LogP contribution in [0.3, 0.4) is 0 Å². The van der Waals surface area contributed by atoms with Crippen molar-refractivity contribution in [1.82, 2.24) is 10.2 Å². The zero-order valence-electron chi connectivity index (χ0n) is 12.8. The highest BCUT2D eigenvalue weighted by Crippen LogP contribution is 2.32. The Hall–Kier alpha value is -0.610. The van der Waals surface area contributed by atoms with Gasteiger partial charge in [0.25, 0.3) is 0 Å². The van der Waals surface area contributed by atoms with Crippen LogP contribution in [0.4, 0.5) is 0 Å². The van der Waals surface area contributed by atoms with Gasteiger partial charge < -0.3 is 15.3 Å². The molecule has 1 amide bonds. The summed E-state index contributed by atoms with van der Waals surface area (Å²) in [6, 6.07) is 0.534. The zero-order chi connectivity index (χ0) is 14.4. The van der Waals surface area contributed by atoms with Crippen LogP contribution < -0.4 is 5.32 Å². The van der Waals surface area contributed by atoms with E-state index in [1.54, 1.807) is 0 Å². The number of fused-ring (bicyclic) bond motifs is 1. The van der Waals surface area contributed by atoms with E-state index in [4.69, 9.17) is 5.11 Å². The second-order valence-electron chi connectivity index (χ2n) is 6.35. The molecule has 0 aromatic heterocycles. The van der Waals surface area contributed by atoms with Gasteiger partial charge in [0.1, 0.15) is 0 Å². The van der Waals surface area contributed by atoms with E-state index in [1.807, 2.05) is 4.90 Å². The van der Waals surface area contributed by atoms with Crippen LogP contribution in [-0.4, -0.2) is 47.7 Å². The quantitative estimate of drug-likeness (QED) is 0.782. The lowest BCUT2D eigenvalue weighted by Crippen LogP contribution is -2.56. The second kappa shape index (κ2) is 7.99. The van der Waals surface area contributed by atoms with Gasteiger partial charge in [-0.2, -0.15) is 0 Å². The minimum absolute atomic E-state index is 0.0160. The third kappa shape index (κ3) is 3.95. The van der Waals surface area contributed by atoms with Crippen LogP contribution in [0, 0.1) is 5.92 Å². The fraction of sp³-hybridized carbons (Fsp3) is 0.938. The molecule has 3 atom stereocenters. The predicted molar refractivity (Wildman–Crippen MR) is 80.5 cm³/mol. The number of hydrogen-bond donors (Lipinski definition) is 2. The topological polar surface area (TPSA) is 52.6 Å². The molecule has 2 rings (SSSR count). The molecule has 0 radical (unpaired) electrons. The van der Waals surface area contributed by atoms with E-state index in [-0.39, 0.29) is 18.6 Å². The molecule has 1 saturated heterocycles. The van der Waals surface area contributed by atoms with E-state index < -0.39 is 0 Å². The fourth-order valence-corrected chi connectivity index (χ4v) is 3.71. The molecule has 0 spiro atoms. The number of unbranched alkanes of at least 4 members (excludes halogenated alkanes) is 1. The highest BCUT2D eigenvalue weighted by Gasteiger charge is 2.35. The maximum Gasteiger partial charge on any atom is 0.239 e. The van der Waals surface area contributed by atoms with Gasteiger partial charge in [0.2, 0.25) is 5.91 Å². The van der Waals surface area contributed by atoms with Crippen LogP contribution in [0.25, 0.3) is 0 Å². The third-order valence-electron chi connectivity index (χ3n) is 4.91. The SMILES string of the molecule is CCCCN(CCO)C(=O)C1CCC2CCCCC2N1. The van der Waals surface area contributed by atoms with E-state index in [2.05, 4.69) is 12.2 Å². The maximum atomic E-state index is 12.6. The number of nitrogens with zero attached hydrogens (tertiary/aromatic N) is 1. The second-order valence-corrected chi connectivity index (χ2v) is 6.35. The Balaban J connectivity index is 1.89. The monoisotopic (exact) mass is 282 g/mol. The molecule has 4 heteroatoms. The van der Waals surface area contributed by atoms with Crippen molar-refractivity contribution in [2.75, 3.05) is 19.7 Å². The minimum Gasteiger partial charge on any atom is -0.395 e. The number of rotatable bonds is 6. The van der Waals surface area contributed by atoms with Gasteiger partial charge in [-0.1, -0.05) is 26.2 Å². The van der Waals surface area contributed by atoms with E-state index in [0.29, 0.717) is 12.6 Å². The molecule has 2 N–H and O–H groups in total. The van der Waals surface area contributed by atoms with E-state index in [1.165, 1.54) is 32.1 Å². The summed E-state index contributed by atoms with van der Waals surface area (Å²) in [6.07, 6.45) is 9.46. The molecule has 1 aliphatic carbocycles. The van der Waals surface area contributed by atoms with Crippen molar-refractivity contribution in [3.05, 3.63) is 0 Å². The summed E-state index contributed by atoms with van der Waals surface area (Å²) in [5, 5.41) is 12.8. The Bertz CT molecular complexity index is 309. The number of aliphatic hydroxyl groups excluding tert-OH is 1. The molecule has 1 aliphatic heterocycles. The van der Waals surface area contributed by atoms with Crippen molar-refractivity contribution in [1.29, 1.82) is 0 Å². The molecule has 1 saturated carbocycles. The number of aliphatic hydroxyl groups is 1. The number of amides is 1. The summed E-state index contributed by atoms with van der Waals surface area (Å²) in [5.74, 6) is 0.992. The molecular weight excluding hydrogens is 252 g/mol. The molecule has 0 aromatic rings. The Morgan fingerprint density at radius 1 is 1.20 bits per heavy atom. The van der Waals surface area contributed by atoms with Gasteiger partial charge in [-0.3, -0.25) is 4.79 Å². The first-order chi connectivity index (χ1) is 9.76. The summed E-state index contributed by atoms with van der Waals surface area (Å²) in [5.41, 5.74) is 0. The normalized spacial score (nSPS) is 29.8. The summed E-state index contributed by atoms with van der Waals surface area (Å²) >= 11 is 0. The smallest absolute Gasteiger partial charge is 0.239 e. The van der Waals surface area contributed by atoms with Gasteiger partial charge in [-0.25, -0.2) is 0 Å². The third-order valence-corrected chi connectivity index (χ3v) is 4.91. The molecule has 4 nitrogen and oxygen atoms in total. The summed E-state index contributed by atoms with van der Waals surface area (Å²) in [6.45, 7) is 3.45. The average molecular weight is 282 g/mol. The first-order valence-electron chi connectivity index (χ1n) is 8.42. The van der Waals surface area contributed by atoms with E-state index in [0.717, 1.165) is 31.7 Å². The Kier molecular flexibility index (Phi) is 6.30. The maximum absolute atomic E-state index is 12.6. The Labute approximate surface area is 122 Å². The minimum atomic E-state index is -0.0160. The largest absolute Gasteiger partial charge is 0.395 e. The number of carbonyl (C=O) groups is 1. The Morgan fingerprint density at radius 2 is 2.00 bits per heavy atom. The van der Waals surface area contributed by atoms with Gasteiger partial charge in [-0.15, -0.1) is 0 Å². The molecule has 2 aliphatic rings. The molecular formula is C16H30N2O2. The first-order valence-corrected chi connectivity index (χ1v) is 8.42. The van der Waals surface area contributed by atoms with Crippen molar-refractivity contribution in [3.63, 3.8) is 0 Å². The number of hydrogen-bond acceptors (Lipinski definition) is 3. The molecule has 2 fully saturated rings. The average Bonchev–Trinajstić information content (AvgIpc) is 2.50.